The van der Waals surface area contributed by atoms with E-state index in [4.69, 9.17) is 4.55 Å². The van der Waals surface area contributed by atoms with Gasteiger partial charge in [-0.05, 0) is 12.5 Å². The van der Waals surface area contributed by atoms with E-state index >= 15 is 0 Å². The normalized spacial score (nSPS) is 16.2. The second-order valence-electron chi connectivity index (χ2n) is 3.31. The highest BCUT2D eigenvalue weighted by Gasteiger charge is 2.35. The molecule has 0 aliphatic rings. The van der Waals surface area contributed by atoms with Gasteiger partial charge in [0.2, 0.25) is 0 Å². The molecule has 4 nitrogen and oxygen atoms in total. The first-order valence-corrected chi connectivity index (χ1v) is 5.50. The first-order chi connectivity index (χ1) is 6.33. The molecule has 78 valence electrons. The molecule has 0 saturated heterocycles. The molecule has 0 aliphatic heterocycles. The first-order valence-electron chi connectivity index (χ1n) is 4.06. The van der Waals surface area contributed by atoms with Gasteiger partial charge in [-0.25, -0.2) is 0 Å². The molecule has 0 aromatic heterocycles. The van der Waals surface area contributed by atoms with E-state index in [-0.39, 0.29) is 6.42 Å². The fourth-order valence-corrected chi connectivity index (χ4v) is 1.41. The predicted molar refractivity (Wildman–Crippen MR) is 52.3 cm³/mol. The Morgan fingerprint density at radius 3 is 2.21 bits per heavy atom. The number of hydrogen-bond acceptors (Lipinski definition) is 3. The Bertz CT molecular complexity index is 394. The molecule has 0 saturated carbocycles. The van der Waals surface area contributed by atoms with Gasteiger partial charge in [0.25, 0.3) is 10.1 Å². The highest BCUT2D eigenvalue weighted by atomic mass is 32.2. The predicted octanol–water partition coefficient (Wildman–Crippen LogP) is 0.825. The summed E-state index contributed by atoms with van der Waals surface area (Å²) >= 11 is 0. The summed E-state index contributed by atoms with van der Waals surface area (Å²) in [6, 6.07) is 8.61. The highest BCUT2D eigenvalue weighted by Crippen LogP contribution is 2.18. The van der Waals surface area contributed by atoms with Crippen molar-refractivity contribution in [1.82, 2.24) is 0 Å². The summed E-state index contributed by atoms with van der Waals surface area (Å²) in [5, 5.41) is 9.47. The van der Waals surface area contributed by atoms with E-state index in [1.54, 1.807) is 30.3 Å². The maximum Gasteiger partial charge on any atom is 0.295 e. The number of benzene rings is 1. The summed E-state index contributed by atoms with van der Waals surface area (Å²) in [4.78, 5) is -2.13. The summed E-state index contributed by atoms with van der Waals surface area (Å²) in [6.45, 7) is 1.06. The van der Waals surface area contributed by atoms with Gasteiger partial charge in [-0.15, -0.1) is 0 Å². The maximum atomic E-state index is 10.8. The van der Waals surface area contributed by atoms with Crippen molar-refractivity contribution in [3.63, 3.8) is 0 Å². The van der Waals surface area contributed by atoms with Crippen LogP contribution in [0.2, 0.25) is 0 Å². The second-order valence-corrected chi connectivity index (χ2v) is 5.14. The van der Waals surface area contributed by atoms with Crippen LogP contribution in [0, 0.1) is 0 Å². The molecule has 0 spiro atoms. The summed E-state index contributed by atoms with van der Waals surface area (Å²) in [6.07, 6.45) is -0.132. The van der Waals surface area contributed by atoms with Gasteiger partial charge in [-0.1, -0.05) is 30.3 Å². The molecule has 1 aromatic carbocycles. The summed E-state index contributed by atoms with van der Waals surface area (Å²) < 4.78 is 30.3. The first kappa shape index (κ1) is 11.2. The van der Waals surface area contributed by atoms with Crippen LogP contribution in [0.25, 0.3) is 0 Å². The molecule has 0 heterocycles. The topological polar surface area (TPSA) is 74.6 Å². The Labute approximate surface area is 82.9 Å². The zero-order valence-electron chi connectivity index (χ0n) is 7.71. The van der Waals surface area contributed by atoms with Crippen LogP contribution in [0.3, 0.4) is 0 Å². The quantitative estimate of drug-likeness (QED) is 0.734. The maximum absolute atomic E-state index is 10.8. The Balaban J connectivity index is 2.90. The molecule has 14 heavy (non-hydrogen) atoms. The standard InChI is InChI=1S/C9H12O4S/c1-9(10,14(11,12)13)7-8-5-3-2-4-6-8/h2-6,10H,7H2,1H3,(H,11,12,13). The van der Waals surface area contributed by atoms with Crippen LogP contribution in [-0.2, 0) is 16.5 Å². The van der Waals surface area contributed by atoms with Crippen LogP contribution in [0.1, 0.15) is 12.5 Å². The van der Waals surface area contributed by atoms with Gasteiger partial charge in [0, 0.05) is 6.42 Å². The van der Waals surface area contributed by atoms with Crippen LogP contribution in [-0.4, -0.2) is 23.0 Å². The molecule has 0 amide bonds. The molecule has 0 fully saturated rings. The zero-order chi connectivity index (χ0) is 10.8. The molecular formula is C9H12O4S. The van der Waals surface area contributed by atoms with E-state index < -0.39 is 15.1 Å². The van der Waals surface area contributed by atoms with Crippen molar-refractivity contribution < 1.29 is 18.1 Å². The van der Waals surface area contributed by atoms with Gasteiger partial charge in [0.1, 0.15) is 0 Å². The fourth-order valence-electron chi connectivity index (χ4n) is 1.07. The van der Waals surface area contributed by atoms with E-state index in [0.717, 1.165) is 6.92 Å². The van der Waals surface area contributed by atoms with Crippen molar-refractivity contribution in [1.29, 1.82) is 0 Å². The van der Waals surface area contributed by atoms with E-state index in [1.165, 1.54) is 0 Å². The van der Waals surface area contributed by atoms with Gasteiger partial charge in [-0.2, -0.15) is 8.42 Å². The number of hydrogen-bond donors (Lipinski definition) is 2. The minimum Gasteiger partial charge on any atom is -0.372 e. The molecule has 0 aliphatic carbocycles. The third kappa shape index (κ3) is 2.54. The van der Waals surface area contributed by atoms with Crippen molar-refractivity contribution >= 4 is 10.1 Å². The Hall–Kier alpha value is -0.910. The molecule has 0 bridgehead atoms. The zero-order valence-corrected chi connectivity index (χ0v) is 8.53. The molecule has 2 N–H and O–H groups in total. The monoisotopic (exact) mass is 216 g/mol. The van der Waals surface area contributed by atoms with E-state index in [0.29, 0.717) is 5.56 Å². The van der Waals surface area contributed by atoms with Crippen LogP contribution in [0.4, 0.5) is 0 Å². The van der Waals surface area contributed by atoms with Crippen LogP contribution in [0.5, 0.6) is 0 Å². The average molecular weight is 216 g/mol. The minimum atomic E-state index is -4.45. The van der Waals surface area contributed by atoms with Gasteiger partial charge in [0.15, 0.2) is 4.93 Å². The lowest BCUT2D eigenvalue weighted by molar-refractivity contribution is 0.132. The summed E-state index contributed by atoms with van der Waals surface area (Å²) in [5.41, 5.74) is 0.648. The van der Waals surface area contributed by atoms with Crippen molar-refractivity contribution in [3.8, 4) is 0 Å². The third-order valence-electron chi connectivity index (χ3n) is 1.93. The molecule has 0 radical (unpaired) electrons. The Morgan fingerprint density at radius 2 is 1.79 bits per heavy atom. The Morgan fingerprint density at radius 1 is 1.29 bits per heavy atom. The van der Waals surface area contributed by atoms with E-state index in [1.807, 2.05) is 0 Å². The van der Waals surface area contributed by atoms with Crippen LogP contribution < -0.4 is 0 Å². The number of rotatable bonds is 3. The lowest BCUT2D eigenvalue weighted by Crippen LogP contribution is -2.36. The lowest BCUT2D eigenvalue weighted by Gasteiger charge is -2.19. The highest BCUT2D eigenvalue weighted by molar-refractivity contribution is 7.87. The van der Waals surface area contributed by atoms with E-state index in [2.05, 4.69) is 0 Å². The molecule has 1 unspecified atom stereocenters. The SMILES string of the molecule is CC(O)(Cc1ccccc1)S(=O)(=O)O. The van der Waals surface area contributed by atoms with Gasteiger partial charge in [-0.3, -0.25) is 4.55 Å². The Kier molecular flexibility index (Phi) is 2.94. The molecule has 1 aromatic rings. The van der Waals surface area contributed by atoms with Crippen molar-refractivity contribution in [2.45, 2.75) is 18.3 Å². The molecule has 1 rings (SSSR count). The van der Waals surface area contributed by atoms with E-state index in [9.17, 15) is 13.5 Å². The number of aliphatic hydroxyl groups is 1. The van der Waals surface area contributed by atoms with Gasteiger partial charge in [0.05, 0.1) is 0 Å². The summed E-state index contributed by atoms with van der Waals surface area (Å²) in [7, 11) is -4.45. The van der Waals surface area contributed by atoms with Gasteiger partial charge >= 0.3 is 0 Å². The van der Waals surface area contributed by atoms with Crippen LogP contribution >= 0.6 is 0 Å². The van der Waals surface area contributed by atoms with Crippen molar-refractivity contribution in [3.05, 3.63) is 35.9 Å². The molecule has 1 atom stereocenters. The minimum absolute atomic E-state index is 0.132. The fraction of sp³-hybridized carbons (Fsp3) is 0.333. The van der Waals surface area contributed by atoms with Crippen molar-refractivity contribution in [2.24, 2.45) is 0 Å². The van der Waals surface area contributed by atoms with Gasteiger partial charge < -0.3 is 5.11 Å². The molecular weight excluding hydrogens is 204 g/mol. The largest absolute Gasteiger partial charge is 0.372 e. The molecule has 5 heteroatoms. The van der Waals surface area contributed by atoms with Crippen LogP contribution in [0.15, 0.2) is 30.3 Å². The third-order valence-corrected chi connectivity index (χ3v) is 3.19. The summed E-state index contributed by atoms with van der Waals surface area (Å²) in [5.74, 6) is 0. The average Bonchev–Trinajstić information content (AvgIpc) is 2.03. The smallest absolute Gasteiger partial charge is 0.295 e. The lowest BCUT2D eigenvalue weighted by atomic mass is 10.1. The second kappa shape index (κ2) is 3.68. The van der Waals surface area contributed by atoms with Crippen molar-refractivity contribution in [2.75, 3.05) is 0 Å².